The molecule has 1 N–H and O–H groups in total. The molecule has 2 aromatic carbocycles. The van der Waals surface area contributed by atoms with Crippen LogP contribution < -0.4 is 14.8 Å². The predicted molar refractivity (Wildman–Crippen MR) is 84.3 cm³/mol. The van der Waals surface area contributed by atoms with Crippen LogP contribution in [0.1, 0.15) is 29.8 Å². The Morgan fingerprint density at radius 2 is 1.96 bits per heavy atom. The number of ether oxygens (including phenoxy) is 2. The van der Waals surface area contributed by atoms with Gasteiger partial charge < -0.3 is 14.8 Å². The maximum atomic E-state index is 14.0. The number of para-hydroxylation sites is 1. The Morgan fingerprint density at radius 1 is 1.17 bits per heavy atom. The van der Waals surface area contributed by atoms with E-state index in [0.717, 1.165) is 0 Å². The molecule has 0 spiro atoms. The van der Waals surface area contributed by atoms with Gasteiger partial charge in [0.15, 0.2) is 11.5 Å². The van der Waals surface area contributed by atoms with E-state index in [1.807, 2.05) is 13.8 Å². The van der Waals surface area contributed by atoms with Gasteiger partial charge in [0.05, 0.1) is 5.56 Å². The van der Waals surface area contributed by atoms with Gasteiger partial charge in [-0.2, -0.15) is 0 Å². The number of carbonyl (C=O) groups excluding carboxylic acids is 1. The molecule has 0 bridgehead atoms. The average Bonchev–Trinajstić information content (AvgIpc) is 3.01. The van der Waals surface area contributed by atoms with Crippen LogP contribution in [0.5, 0.6) is 11.5 Å². The van der Waals surface area contributed by atoms with Crippen molar-refractivity contribution >= 4 is 5.91 Å². The molecule has 0 fully saturated rings. The molecule has 0 atom stereocenters. The highest BCUT2D eigenvalue weighted by Gasteiger charge is 2.26. The van der Waals surface area contributed by atoms with Gasteiger partial charge in [0.25, 0.3) is 5.91 Å². The van der Waals surface area contributed by atoms with Gasteiger partial charge in [-0.25, -0.2) is 4.39 Å². The Bertz CT molecular complexity index is 743. The summed E-state index contributed by atoms with van der Waals surface area (Å²) >= 11 is 0. The molecule has 3 rings (SSSR count). The zero-order chi connectivity index (χ0) is 16.4. The number of nitrogens with one attached hydrogen (secondary N) is 1. The molecule has 1 amide bonds. The third kappa shape index (κ3) is 2.99. The van der Waals surface area contributed by atoms with Crippen LogP contribution in [0.3, 0.4) is 0 Å². The minimum Gasteiger partial charge on any atom is -0.454 e. The van der Waals surface area contributed by atoms with E-state index in [4.69, 9.17) is 9.47 Å². The van der Waals surface area contributed by atoms with Crippen LogP contribution in [0.15, 0.2) is 42.5 Å². The van der Waals surface area contributed by atoms with Crippen LogP contribution in [-0.2, 0) is 5.41 Å². The lowest BCUT2D eigenvalue weighted by Crippen LogP contribution is -2.37. The normalized spacial score (nSPS) is 13.0. The zero-order valence-corrected chi connectivity index (χ0v) is 13.1. The molecular weight excluding hydrogens is 297 g/mol. The van der Waals surface area contributed by atoms with Crippen LogP contribution in [0.4, 0.5) is 4.39 Å². The summed E-state index contributed by atoms with van der Waals surface area (Å²) in [5.74, 6) is 0.473. The predicted octanol–water partition coefficient (Wildman–Crippen LogP) is 3.26. The largest absolute Gasteiger partial charge is 0.454 e. The Hall–Kier alpha value is -2.56. The van der Waals surface area contributed by atoms with Crippen molar-refractivity contribution < 1.29 is 18.7 Å². The van der Waals surface area contributed by atoms with Crippen LogP contribution in [0.25, 0.3) is 0 Å². The third-order valence-corrected chi connectivity index (χ3v) is 3.94. The first-order valence-corrected chi connectivity index (χ1v) is 7.41. The van der Waals surface area contributed by atoms with Crippen molar-refractivity contribution in [3.8, 4) is 11.5 Å². The molecule has 120 valence electrons. The second-order valence-electron chi connectivity index (χ2n) is 6.09. The molecule has 2 aromatic rings. The Kier molecular flexibility index (Phi) is 3.94. The van der Waals surface area contributed by atoms with Crippen LogP contribution in [0, 0.1) is 5.82 Å². The molecule has 1 aliphatic heterocycles. The highest BCUT2D eigenvalue weighted by Crippen LogP contribution is 2.35. The standard InChI is InChI=1S/C18H18FNO3/c1-18(2,13-7-3-4-8-14(13)19)10-20-17(21)12-6-5-9-15-16(12)23-11-22-15/h3-9H,10-11H2,1-2H3,(H,20,21). The first kappa shape index (κ1) is 15.3. The summed E-state index contributed by atoms with van der Waals surface area (Å²) in [6, 6.07) is 11.8. The number of benzene rings is 2. The molecule has 0 aliphatic carbocycles. The minimum absolute atomic E-state index is 0.111. The van der Waals surface area contributed by atoms with E-state index >= 15 is 0 Å². The van der Waals surface area contributed by atoms with Gasteiger partial charge in [-0.1, -0.05) is 38.1 Å². The molecule has 0 saturated heterocycles. The Labute approximate surface area is 134 Å². The van der Waals surface area contributed by atoms with Crippen molar-refractivity contribution in [3.63, 3.8) is 0 Å². The molecule has 4 nitrogen and oxygen atoms in total. The lowest BCUT2D eigenvalue weighted by atomic mass is 9.84. The first-order valence-electron chi connectivity index (χ1n) is 7.41. The van der Waals surface area contributed by atoms with E-state index in [1.54, 1.807) is 36.4 Å². The number of amides is 1. The number of hydrogen-bond acceptors (Lipinski definition) is 3. The van der Waals surface area contributed by atoms with Gasteiger partial charge in [0, 0.05) is 12.0 Å². The summed E-state index contributed by atoms with van der Waals surface area (Å²) in [4.78, 5) is 12.4. The smallest absolute Gasteiger partial charge is 0.255 e. The number of hydrogen-bond donors (Lipinski definition) is 1. The monoisotopic (exact) mass is 315 g/mol. The van der Waals surface area contributed by atoms with E-state index in [1.165, 1.54) is 6.07 Å². The van der Waals surface area contributed by atoms with Crippen LogP contribution >= 0.6 is 0 Å². The fourth-order valence-electron chi connectivity index (χ4n) is 2.61. The van der Waals surface area contributed by atoms with Crippen LogP contribution in [-0.4, -0.2) is 19.2 Å². The average molecular weight is 315 g/mol. The van der Waals surface area contributed by atoms with Gasteiger partial charge in [-0.3, -0.25) is 4.79 Å². The quantitative estimate of drug-likeness (QED) is 0.942. The minimum atomic E-state index is -0.531. The van der Waals surface area contributed by atoms with E-state index in [-0.39, 0.29) is 18.5 Å². The maximum absolute atomic E-state index is 14.0. The molecule has 0 unspecified atom stereocenters. The summed E-state index contributed by atoms with van der Waals surface area (Å²) in [5, 5.41) is 2.85. The Morgan fingerprint density at radius 3 is 2.74 bits per heavy atom. The molecule has 0 aromatic heterocycles. The van der Waals surface area contributed by atoms with Gasteiger partial charge in [0.2, 0.25) is 6.79 Å². The molecular formula is C18H18FNO3. The van der Waals surface area contributed by atoms with E-state index in [0.29, 0.717) is 29.2 Å². The highest BCUT2D eigenvalue weighted by molar-refractivity contribution is 5.98. The molecule has 1 aliphatic rings. The lowest BCUT2D eigenvalue weighted by Gasteiger charge is -2.26. The topological polar surface area (TPSA) is 47.6 Å². The highest BCUT2D eigenvalue weighted by atomic mass is 19.1. The van der Waals surface area contributed by atoms with Crippen LogP contribution in [0.2, 0.25) is 0 Å². The number of halogens is 1. The van der Waals surface area contributed by atoms with E-state index in [9.17, 15) is 9.18 Å². The summed E-state index contributed by atoms with van der Waals surface area (Å²) in [5.41, 5.74) is 0.457. The molecule has 23 heavy (non-hydrogen) atoms. The van der Waals surface area contributed by atoms with E-state index < -0.39 is 5.41 Å². The first-order chi connectivity index (χ1) is 11.0. The molecule has 5 heteroatoms. The van der Waals surface area contributed by atoms with Crippen molar-refractivity contribution in [2.75, 3.05) is 13.3 Å². The van der Waals surface area contributed by atoms with Crippen molar-refractivity contribution in [1.29, 1.82) is 0 Å². The Balaban J connectivity index is 1.75. The summed E-state index contributed by atoms with van der Waals surface area (Å²) in [6.07, 6.45) is 0. The van der Waals surface area contributed by atoms with Gasteiger partial charge >= 0.3 is 0 Å². The van der Waals surface area contributed by atoms with Crippen molar-refractivity contribution in [2.45, 2.75) is 19.3 Å². The second-order valence-corrected chi connectivity index (χ2v) is 6.09. The zero-order valence-electron chi connectivity index (χ0n) is 13.1. The number of rotatable bonds is 4. The second kappa shape index (κ2) is 5.91. The summed E-state index contributed by atoms with van der Waals surface area (Å²) in [6.45, 7) is 4.19. The third-order valence-electron chi connectivity index (χ3n) is 3.94. The van der Waals surface area contributed by atoms with Gasteiger partial charge in [0.1, 0.15) is 5.82 Å². The van der Waals surface area contributed by atoms with Crippen molar-refractivity contribution in [3.05, 3.63) is 59.4 Å². The number of fused-ring (bicyclic) bond motifs is 1. The fourth-order valence-corrected chi connectivity index (χ4v) is 2.61. The molecule has 1 heterocycles. The maximum Gasteiger partial charge on any atom is 0.255 e. The number of carbonyl (C=O) groups is 1. The van der Waals surface area contributed by atoms with Gasteiger partial charge in [-0.05, 0) is 23.8 Å². The molecule has 0 saturated carbocycles. The lowest BCUT2D eigenvalue weighted by molar-refractivity contribution is 0.0940. The van der Waals surface area contributed by atoms with Crippen molar-refractivity contribution in [2.24, 2.45) is 0 Å². The summed E-state index contributed by atoms with van der Waals surface area (Å²) < 4.78 is 24.6. The van der Waals surface area contributed by atoms with Gasteiger partial charge in [-0.15, -0.1) is 0 Å². The fraction of sp³-hybridized carbons (Fsp3) is 0.278. The molecule has 0 radical (unpaired) electrons. The summed E-state index contributed by atoms with van der Waals surface area (Å²) in [7, 11) is 0. The van der Waals surface area contributed by atoms with E-state index in [2.05, 4.69) is 5.32 Å². The SMILES string of the molecule is CC(C)(CNC(=O)c1cccc2c1OCO2)c1ccccc1F. The van der Waals surface area contributed by atoms with Crippen molar-refractivity contribution in [1.82, 2.24) is 5.32 Å².